The lowest BCUT2D eigenvalue weighted by atomic mass is 10.1. The number of hydrogen-bond donors (Lipinski definition) is 7. The number of nitrogens with zero attached hydrogens (tertiary/aromatic N) is 6. The van der Waals surface area contributed by atoms with Crippen LogP contribution in [0.1, 0.15) is 80.5 Å². The third-order valence-corrected chi connectivity index (χ3v) is 13.0. The standard InChI is InChI=1S/C29H28ClFN6O4.C23H23ClFN5O5.C6H7N/c1-17(2)36(15-24(38)33-14-19-7-6-10-22(30)26(19)31)25(39)16-37-23-12-11-18(13-21(23)27(35-37)28(32)40)29(41)34-20-8-4-3-5-9-20;1-12(2)29(10-18(31)27-9-14-4-3-5-16(24)20(14)25)19(32)11-30-17-7-6-13(23(34)35)8-15(17)21(28-30)22(26)33;7-6-4-2-1-3-5-6/h3-13,17H,14-16H2,1-2H3,(H2,32,40)(H,33,38)(H,34,41);3-8,12H,9-11H2,1-2H3,(H2,26,33)(H,27,31)(H,34,35);1-5H,7H2. The van der Waals surface area contributed by atoms with Gasteiger partial charge in [-0.1, -0.05) is 83.9 Å². The van der Waals surface area contributed by atoms with Crippen molar-refractivity contribution in [3.8, 4) is 0 Å². The Morgan fingerprint density at radius 3 is 1.37 bits per heavy atom. The van der Waals surface area contributed by atoms with E-state index in [2.05, 4.69) is 26.1 Å². The van der Waals surface area contributed by atoms with Gasteiger partial charge in [-0.15, -0.1) is 0 Å². The summed E-state index contributed by atoms with van der Waals surface area (Å²) in [6.45, 7) is 5.51. The maximum atomic E-state index is 14.2. The van der Waals surface area contributed by atoms with E-state index in [4.69, 9.17) is 40.4 Å². The number of halogens is 4. The normalized spacial score (nSPS) is 10.8. The maximum Gasteiger partial charge on any atom is 0.335 e. The first kappa shape index (κ1) is 62.5. The highest BCUT2D eigenvalue weighted by molar-refractivity contribution is 6.31. The molecule has 8 rings (SSSR count). The van der Waals surface area contributed by atoms with Gasteiger partial charge in [0.25, 0.3) is 17.7 Å². The van der Waals surface area contributed by atoms with E-state index < -0.39 is 59.0 Å². The van der Waals surface area contributed by atoms with Crippen LogP contribution in [0, 0.1) is 11.6 Å². The number of para-hydroxylation sites is 2. The van der Waals surface area contributed by atoms with Crippen molar-refractivity contribution in [3.05, 3.63) is 189 Å². The van der Waals surface area contributed by atoms with Gasteiger partial charge in [-0.3, -0.25) is 42.9 Å². The van der Waals surface area contributed by atoms with Gasteiger partial charge in [0.05, 0.1) is 39.7 Å². The number of rotatable bonds is 19. The molecule has 6 aromatic carbocycles. The molecule has 0 spiro atoms. The van der Waals surface area contributed by atoms with Crippen LogP contribution in [0.5, 0.6) is 0 Å². The molecule has 0 unspecified atom stereocenters. The molecule has 10 N–H and O–H groups in total. The van der Waals surface area contributed by atoms with E-state index in [1.165, 1.54) is 67.7 Å². The van der Waals surface area contributed by atoms with E-state index in [-0.39, 0.29) is 100 Å². The number of aromatic nitrogens is 4. The van der Waals surface area contributed by atoms with Crippen molar-refractivity contribution >= 4 is 104 Å². The molecule has 0 bridgehead atoms. The first-order chi connectivity index (χ1) is 39.4. The minimum atomic E-state index is -1.19. The lowest BCUT2D eigenvalue weighted by Gasteiger charge is -2.26. The quantitative estimate of drug-likeness (QED) is 0.0396. The van der Waals surface area contributed by atoms with E-state index in [0.29, 0.717) is 22.1 Å². The van der Waals surface area contributed by atoms with Gasteiger partial charge < -0.3 is 48.1 Å². The van der Waals surface area contributed by atoms with Crippen LogP contribution in [0.25, 0.3) is 21.8 Å². The third-order valence-electron chi connectivity index (χ3n) is 12.4. The maximum absolute atomic E-state index is 14.2. The Morgan fingerprint density at radius 1 is 0.578 bits per heavy atom. The Labute approximate surface area is 484 Å². The van der Waals surface area contributed by atoms with Crippen LogP contribution in [0.2, 0.25) is 10.0 Å². The lowest BCUT2D eigenvalue weighted by Crippen LogP contribution is -2.45. The first-order valence-electron chi connectivity index (χ1n) is 25.4. The molecule has 0 atom stereocenters. The van der Waals surface area contributed by atoms with Crippen molar-refractivity contribution in [2.45, 2.75) is 66.0 Å². The predicted octanol–water partition coefficient (Wildman–Crippen LogP) is 7.18. The van der Waals surface area contributed by atoms with Gasteiger partial charge in [-0.2, -0.15) is 10.2 Å². The summed E-state index contributed by atoms with van der Waals surface area (Å²) in [5.74, 6) is -6.48. The molecule has 0 saturated carbocycles. The van der Waals surface area contributed by atoms with E-state index in [9.17, 15) is 52.2 Å². The topological polar surface area (TPSA) is 313 Å². The minimum absolute atomic E-state index is 0.0542. The molecule has 83 heavy (non-hydrogen) atoms. The molecular weight excluding hydrogens is 1120 g/mol. The van der Waals surface area contributed by atoms with E-state index in [1.807, 2.05) is 36.4 Å². The number of carbonyl (C=O) groups excluding carboxylic acids is 7. The van der Waals surface area contributed by atoms with Crippen molar-refractivity contribution in [1.82, 2.24) is 40.0 Å². The van der Waals surface area contributed by atoms with Crippen LogP contribution in [0.4, 0.5) is 20.2 Å². The summed E-state index contributed by atoms with van der Waals surface area (Å²) in [5, 5.41) is 25.9. The summed E-state index contributed by atoms with van der Waals surface area (Å²) in [6.07, 6.45) is 0. The molecule has 25 heteroatoms. The Balaban J connectivity index is 0.000000240. The highest BCUT2D eigenvalue weighted by Crippen LogP contribution is 2.24. The van der Waals surface area contributed by atoms with Crippen molar-refractivity contribution in [3.63, 3.8) is 0 Å². The average molecular weight is 1180 g/mol. The number of aromatic carboxylic acids is 1. The highest BCUT2D eigenvalue weighted by Gasteiger charge is 2.26. The second-order valence-corrected chi connectivity index (χ2v) is 19.8. The zero-order valence-corrected chi connectivity index (χ0v) is 46.8. The van der Waals surface area contributed by atoms with Crippen LogP contribution < -0.4 is 33.2 Å². The minimum Gasteiger partial charge on any atom is -0.478 e. The molecule has 2 aromatic heterocycles. The van der Waals surface area contributed by atoms with Gasteiger partial charge in [0.1, 0.15) is 24.7 Å². The number of hydrogen-bond acceptors (Lipinski definition) is 11. The van der Waals surface area contributed by atoms with Crippen molar-refractivity contribution in [2.24, 2.45) is 11.5 Å². The number of fused-ring (bicyclic) bond motifs is 2. The summed E-state index contributed by atoms with van der Waals surface area (Å²) < 4.78 is 30.7. The molecule has 8 aromatic rings. The Kier molecular flexibility index (Phi) is 21.5. The monoisotopic (exact) mass is 1170 g/mol. The summed E-state index contributed by atoms with van der Waals surface area (Å²) in [5.41, 5.74) is 18.8. The molecule has 0 radical (unpaired) electrons. The van der Waals surface area contributed by atoms with Crippen molar-refractivity contribution < 1.29 is 52.2 Å². The molecule has 2 heterocycles. The fourth-order valence-corrected chi connectivity index (χ4v) is 8.54. The number of benzene rings is 6. The largest absolute Gasteiger partial charge is 0.478 e. The van der Waals surface area contributed by atoms with Gasteiger partial charge in [-0.25, -0.2) is 13.6 Å². The first-order valence-corrected chi connectivity index (χ1v) is 26.2. The fraction of sp³-hybridized carbons (Fsp3) is 0.207. The van der Waals surface area contributed by atoms with Gasteiger partial charge in [0, 0.05) is 64.0 Å². The number of carboxylic acid groups (broad SMARTS) is 1. The van der Waals surface area contributed by atoms with E-state index in [0.717, 1.165) is 5.69 Å². The van der Waals surface area contributed by atoms with Crippen molar-refractivity contribution in [1.29, 1.82) is 0 Å². The van der Waals surface area contributed by atoms with Gasteiger partial charge in [0.2, 0.25) is 23.6 Å². The van der Waals surface area contributed by atoms with Crippen LogP contribution in [-0.4, -0.2) is 107 Å². The second kappa shape index (κ2) is 28.6. The number of carbonyl (C=O) groups is 8. The number of anilines is 2. The Bertz CT molecular complexity index is 3710. The van der Waals surface area contributed by atoms with Crippen LogP contribution >= 0.6 is 23.2 Å². The van der Waals surface area contributed by atoms with Gasteiger partial charge >= 0.3 is 5.97 Å². The lowest BCUT2D eigenvalue weighted by molar-refractivity contribution is -0.138. The van der Waals surface area contributed by atoms with Gasteiger partial charge in [0.15, 0.2) is 11.4 Å². The molecular formula is C58H58Cl2F2N12O9. The van der Waals surface area contributed by atoms with Crippen LogP contribution in [-0.2, 0) is 45.4 Å². The zero-order chi connectivity index (χ0) is 60.7. The molecule has 7 amide bonds. The number of amides is 7. The van der Waals surface area contributed by atoms with E-state index >= 15 is 0 Å². The molecule has 0 aliphatic heterocycles. The summed E-state index contributed by atoms with van der Waals surface area (Å²) in [7, 11) is 0. The number of nitrogens with one attached hydrogen (secondary N) is 3. The van der Waals surface area contributed by atoms with Gasteiger partial charge in [-0.05, 0) is 100 Å². The number of carboxylic acids is 1. The smallest absolute Gasteiger partial charge is 0.335 e. The zero-order valence-electron chi connectivity index (χ0n) is 45.2. The van der Waals surface area contributed by atoms with E-state index in [1.54, 1.807) is 76.2 Å². The fourth-order valence-electron chi connectivity index (χ4n) is 8.15. The third kappa shape index (κ3) is 16.7. The molecule has 0 saturated heterocycles. The predicted molar refractivity (Wildman–Crippen MR) is 309 cm³/mol. The molecule has 432 valence electrons. The summed E-state index contributed by atoms with van der Waals surface area (Å²) >= 11 is 11.5. The van der Waals surface area contributed by atoms with Crippen LogP contribution in [0.15, 0.2) is 133 Å². The number of primary amides is 2. The molecule has 21 nitrogen and oxygen atoms in total. The SMILES string of the molecule is CC(C)N(CC(=O)NCc1cccc(Cl)c1F)C(=O)Cn1nc(C(N)=O)c2cc(C(=O)Nc3ccccc3)ccc21.CC(C)N(CC(=O)NCc1cccc(Cl)c1F)C(=O)Cn1nc(C(N)=O)c2cc(C(=O)O)ccc21.Nc1ccccc1. The molecule has 0 aliphatic carbocycles. The summed E-state index contributed by atoms with van der Waals surface area (Å²) in [6, 6.07) is 35.2. The molecule has 0 aliphatic rings. The second-order valence-electron chi connectivity index (χ2n) is 19.0. The number of nitrogens with two attached hydrogens (primary N) is 3. The highest BCUT2D eigenvalue weighted by atomic mass is 35.5. The summed E-state index contributed by atoms with van der Waals surface area (Å²) in [4.78, 5) is 102. The number of nitrogen functional groups attached to an aromatic ring is 1. The van der Waals surface area contributed by atoms with Crippen molar-refractivity contribution in [2.75, 3.05) is 24.1 Å². The van der Waals surface area contributed by atoms with Crippen LogP contribution in [0.3, 0.4) is 0 Å². The Hall–Kier alpha value is -9.74. The molecule has 0 fully saturated rings. The average Bonchev–Trinajstić information content (AvgIpc) is 4.06. The Morgan fingerprint density at radius 2 is 0.988 bits per heavy atom.